The van der Waals surface area contributed by atoms with Gasteiger partial charge in [0.25, 0.3) is 0 Å². The van der Waals surface area contributed by atoms with E-state index >= 15 is 0 Å². The predicted octanol–water partition coefficient (Wildman–Crippen LogP) is 4.40. The van der Waals surface area contributed by atoms with Crippen molar-refractivity contribution in [2.45, 2.75) is 51.8 Å². The molecule has 0 aliphatic carbocycles. The van der Waals surface area contributed by atoms with Crippen LogP contribution in [-0.4, -0.2) is 27.7 Å². The van der Waals surface area contributed by atoms with Gasteiger partial charge in [-0.15, -0.1) is 13.2 Å². The molecule has 2 heterocycles. The Morgan fingerprint density at radius 1 is 1.12 bits per heavy atom. The molecule has 5 nitrogen and oxygen atoms in total. The molecule has 8 heteroatoms. The lowest BCUT2D eigenvalue weighted by Crippen LogP contribution is -2.28. The predicted molar refractivity (Wildman–Crippen MR) is 94.3 cm³/mol. The largest absolute Gasteiger partial charge is 0.573 e. The van der Waals surface area contributed by atoms with Crippen molar-refractivity contribution >= 4 is 5.82 Å². The van der Waals surface area contributed by atoms with E-state index in [1.807, 2.05) is 13.2 Å². The van der Waals surface area contributed by atoms with Gasteiger partial charge in [-0.25, -0.2) is 4.98 Å². The van der Waals surface area contributed by atoms with Gasteiger partial charge in [0.1, 0.15) is 5.82 Å². The van der Waals surface area contributed by atoms with Crippen LogP contribution in [0, 0.1) is 0 Å². The molecular formula is C18H25F3N4O. The lowest BCUT2D eigenvalue weighted by molar-refractivity contribution is -0.275. The molecule has 2 aromatic heterocycles. The molecule has 0 spiro atoms. The van der Waals surface area contributed by atoms with Gasteiger partial charge in [0.2, 0.25) is 0 Å². The van der Waals surface area contributed by atoms with Crippen LogP contribution in [-0.2, 0) is 17.9 Å². The number of ether oxygens (including phenoxy) is 1. The van der Waals surface area contributed by atoms with Gasteiger partial charge in [0.05, 0.1) is 11.9 Å². The van der Waals surface area contributed by atoms with Gasteiger partial charge in [-0.1, -0.05) is 34.6 Å². The third-order valence-corrected chi connectivity index (χ3v) is 3.99. The zero-order valence-electron chi connectivity index (χ0n) is 15.9. The van der Waals surface area contributed by atoms with Crippen molar-refractivity contribution in [3.05, 3.63) is 35.8 Å². The number of rotatable bonds is 5. The molecule has 0 fully saturated rings. The molecule has 0 atom stereocenters. The van der Waals surface area contributed by atoms with E-state index in [0.29, 0.717) is 12.4 Å². The number of aryl methyl sites for hydroxylation is 1. The summed E-state index contributed by atoms with van der Waals surface area (Å²) in [6.45, 7) is 10.0. The third-order valence-electron chi connectivity index (χ3n) is 3.99. The average Bonchev–Trinajstić information content (AvgIpc) is 2.91. The van der Waals surface area contributed by atoms with Crippen LogP contribution in [0.15, 0.2) is 24.5 Å². The molecule has 0 bridgehead atoms. The van der Waals surface area contributed by atoms with Crippen LogP contribution in [0.3, 0.4) is 0 Å². The number of hydrogen-bond donors (Lipinski definition) is 1. The molecule has 2 rings (SSSR count). The summed E-state index contributed by atoms with van der Waals surface area (Å²) in [5.41, 5.74) is 0.482. The second-order valence-corrected chi connectivity index (χ2v) is 7.98. The summed E-state index contributed by atoms with van der Waals surface area (Å²) in [5.74, 6) is 0.225. The fourth-order valence-electron chi connectivity index (χ4n) is 2.47. The van der Waals surface area contributed by atoms with Crippen LogP contribution in [0.2, 0.25) is 0 Å². The number of alkyl halides is 3. The van der Waals surface area contributed by atoms with Crippen LogP contribution in [0.1, 0.15) is 45.9 Å². The van der Waals surface area contributed by atoms with Gasteiger partial charge in [-0.3, -0.25) is 4.68 Å². The molecule has 0 amide bonds. The van der Waals surface area contributed by atoms with Crippen LogP contribution < -0.4 is 10.1 Å². The maximum Gasteiger partial charge on any atom is 0.573 e. The minimum Gasteiger partial charge on any atom is -0.404 e. The van der Waals surface area contributed by atoms with E-state index in [1.54, 1.807) is 31.6 Å². The highest BCUT2D eigenvalue weighted by Crippen LogP contribution is 2.34. The number of hydrogen-bond acceptors (Lipinski definition) is 4. The van der Waals surface area contributed by atoms with Crippen molar-refractivity contribution in [3.63, 3.8) is 0 Å². The van der Waals surface area contributed by atoms with E-state index in [0.717, 1.165) is 5.56 Å². The molecule has 26 heavy (non-hydrogen) atoms. The van der Waals surface area contributed by atoms with E-state index in [2.05, 4.69) is 34.0 Å². The Balaban J connectivity index is 2.22. The van der Waals surface area contributed by atoms with Crippen LogP contribution in [0.25, 0.3) is 0 Å². The third kappa shape index (κ3) is 5.12. The summed E-state index contributed by atoms with van der Waals surface area (Å²) in [6, 6.07) is 2.80. The molecular weight excluding hydrogens is 345 g/mol. The summed E-state index contributed by atoms with van der Waals surface area (Å²) >= 11 is 0. The Labute approximate surface area is 151 Å². The van der Waals surface area contributed by atoms with Crippen molar-refractivity contribution in [1.29, 1.82) is 0 Å². The first-order valence-corrected chi connectivity index (χ1v) is 8.28. The monoisotopic (exact) mass is 370 g/mol. The second kappa shape index (κ2) is 6.81. The molecule has 0 aromatic carbocycles. The number of anilines is 1. The first kappa shape index (κ1) is 20.1. The number of aromatic nitrogens is 3. The smallest absolute Gasteiger partial charge is 0.404 e. The number of nitrogens with zero attached hydrogens (tertiary/aromatic N) is 3. The number of nitrogens with one attached hydrogen (secondary N) is 1. The fraction of sp³-hybridized carbons (Fsp3) is 0.556. The lowest BCUT2D eigenvalue weighted by Gasteiger charge is -2.26. The highest BCUT2D eigenvalue weighted by molar-refractivity contribution is 5.45. The maximum absolute atomic E-state index is 12.6. The zero-order chi connectivity index (χ0) is 19.8. The summed E-state index contributed by atoms with van der Waals surface area (Å²) in [6.07, 6.45) is -1.01. The first-order valence-electron chi connectivity index (χ1n) is 8.28. The maximum atomic E-state index is 12.6. The van der Waals surface area contributed by atoms with Crippen LogP contribution in [0.5, 0.6) is 5.75 Å². The quantitative estimate of drug-likeness (QED) is 0.848. The molecule has 0 aliphatic rings. The molecule has 0 saturated carbocycles. The highest BCUT2D eigenvalue weighted by Gasteiger charge is 2.34. The second-order valence-electron chi connectivity index (χ2n) is 7.98. The topological polar surface area (TPSA) is 52.0 Å². The normalized spacial score (nSPS) is 13.0. The summed E-state index contributed by atoms with van der Waals surface area (Å²) in [4.78, 5) is 4.37. The van der Waals surface area contributed by atoms with E-state index in [4.69, 9.17) is 0 Å². The highest BCUT2D eigenvalue weighted by atomic mass is 19.4. The first-order chi connectivity index (χ1) is 11.8. The van der Waals surface area contributed by atoms with Crippen molar-refractivity contribution in [2.24, 2.45) is 7.05 Å². The minimum absolute atomic E-state index is 0.223. The Morgan fingerprint density at radius 2 is 1.77 bits per heavy atom. The molecule has 0 radical (unpaired) electrons. The average molecular weight is 370 g/mol. The number of pyridine rings is 1. The van der Waals surface area contributed by atoms with Crippen molar-refractivity contribution < 1.29 is 17.9 Å². The van der Waals surface area contributed by atoms with Gasteiger partial charge >= 0.3 is 6.36 Å². The van der Waals surface area contributed by atoms with Crippen molar-refractivity contribution in [2.75, 3.05) is 11.9 Å². The SMILES string of the molecule is Cn1cc(C(C)(C)CNc2ccc(OC(F)(F)F)c(C(C)(C)C)n2)cn1. The van der Waals surface area contributed by atoms with Crippen molar-refractivity contribution in [3.8, 4) is 5.75 Å². The Morgan fingerprint density at radius 3 is 2.27 bits per heavy atom. The van der Waals surface area contributed by atoms with E-state index in [-0.39, 0.29) is 16.9 Å². The standard InChI is InChI=1S/C18H25F3N4O/c1-16(2,3)15-13(26-18(19,20)21)7-8-14(24-15)22-11-17(4,5)12-9-23-25(6)10-12/h7-10H,11H2,1-6H3,(H,22,24). The van der Waals surface area contributed by atoms with Gasteiger partial charge < -0.3 is 10.1 Å². The Hall–Kier alpha value is -2.25. The Kier molecular flexibility index (Phi) is 5.26. The molecule has 144 valence electrons. The van der Waals surface area contributed by atoms with Crippen LogP contribution in [0.4, 0.5) is 19.0 Å². The van der Waals surface area contributed by atoms with Gasteiger partial charge in [0.15, 0.2) is 5.75 Å². The van der Waals surface area contributed by atoms with Gasteiger partial charge in [-0.05, 0) is 17.7 Å². The lowest BCUT2D eigenvalue weighted by atomic mass is 9.87. The minimum atomic E-state index is -4.75. The zero-order valence-corrected chi connectivity index (χ0v) is 15.9. The number of halogens is 3. The van der Waals surface area contributed by atoms with Gasteiger partial charge in [-0.2, -0.15) is 5.10 Å². The fourth-order valence-corrected chi connectivity index (χ4v) is 2.47. The molecule has 2 aromatic rings. The van der Waals surface area contributed by atoms with E-state index < -0.39 is 11.8 Å². The summed E-state index contributed by atoms with van der Waals surface area (Å²) in [7, 11) is 1.85. The van der Waals surface area contributed by atoms with E-state index in [1.165, 1.54) is 12.1 Å². The molecule has 0 saturated heterocycles. The van der Waals surface area contributed by atoms with Gasteiger partial charge in [0, 0.05) is 30.6 Å². The van der Waals surface area contributed by atoms with Crippen molar-refractivity contribution in [1.82, 2.24) is 14.8 Å². The van der Waals surface area contributed by atoms with E-state index in [9.17, 15) is 13.2 Å². The molecule has 0 aliphatic heterocycles. The molecule has 1 N–H and O–H groups in total. The summed E-state index contributed by atoms with van der Waals surface area (Å²) < 4.78 is 43.8. The molecule has 0 unspecified atom stereocenters. The van der Waals surface area contributed by atoms with Crippen LogP contribution >= 0.6 is 0 Å². The Bertz CT molecular complexity index is 761. The summed E-state index contributed by atoms with van der Waals surface area (Å²) in [5, 5.41) is 7.39.